The van der Waals surface area contributed by atoms with Crippen molar-refractivity contribution in [3.63, 3.8) is 0 Å². The predicted molar refractivity (Wildman–Crippen MR) is 99.3 cm³/mol. The van der Waals surface area contributed by atoms with Crippen LogP contribution < -0.4 is 5.32 Å². The first-order valence-corrected chi connectivity index (χ1v) is 9.55. The number of piperazine rings is 1. The molecule has 27 heavy (non-hydrogen) atoms. The summed E-state index contributed by atoms with van der Waals surface area (Å²) in [6.07, 6.45) is 2.69. The highest BCUT2D eigenvalue weighted by Gasteiger charge is 2.33. The molecule has 0 radical (unpaired) electrons. The molecule has 0 bridgehead atoms. The first-order valence-electron chi connectivity index (χ1n) is 9.55. The number of hydrogen-bond donors (Lipinski definition) is 1. The smallest absolute Gasteiger partial charge is 0.227 e. The van der Waals surface area contributed by atoms with E-state index in [0.29, 0.717) is 57.5 Å². The molecule has 1 aromatic rings. The maximum Gasteiger partial charge on any atom is 0.227 e. The zero-order chi connectivity index (χ0) is 19.4. The molecule has 1 saturated carbocycles. The second-order valence-corrected chi connectivity index (χ2v) is 7.38. The Bertz CT molecular complexity index is 708. The van der Waals surface area contributed by atoms with Gasteiger partial charge in [-0.25, -0.2) is 4.39 Å². The fourth-order valence-corrected chi connectivity index (χ4v) is 3.91. The summed E-state index contributed by atoms with van der Waals surface area (Å²) in [5, 5.41) is 2.76. The van der Waals surface area contributed by atoms with Crippen molar-refractivity contribution < 1.29 is 18.8 Å². The Morgan fingerprint density at radius 2 is 1.56 bits per heavy atom. The molecule has 1 aliphatic carbocycles. The van der Waals surface area contributed by atoms with Gasteiger partial charge < -0.3 is 15.1 Å². The summed E-state index contributed by atoms with van der Waals surface area (Å²) in [5.41, 5.74) is 0.460. The highest BCUT2D eigenvalue weighted by molar-refractivity contribution is 5.92. The summed E-state index contributed by atoms with van der Waals surface area (Å²) < 4.78 is 13.2. The van der Waals surface area contributed by atoms with Crippen LogP contribution in [0.5, 0.6) is 0 Å². The highest BCUT2D eigenvalue weighted by Crippen LogP contribution is 2.31. The summed E-state index contributed by atoms with van der Waals surface area (Å²) >= 11 is 0. The van der Waals surface area contributed by atoms with Gasteiger partial charge in [0.1, 0.15) is 5.82 Å². The molecule has 3 rings (SSSR count). The fourth-order valence-electron chi connectivity index (χ4n) is 3.91. The van der Waals surface area contributed by atoms with Gasteiger partial charge in [-0.3, -0.25) is 14.4 Å². The molecule has 1 aromatic carbocycles. The summed E-state index contributed by atoms with van der Waals surface area (Å²) in [6.45, 7) is 3.89. The van der Waals surface area contributed by atoms with Crippen molar-refractivity contribution in [1.82, 2.24) is 9.80 Å². The molecule has 0 atom stereocenters. The maximum absolute atomic E-state index is 13.2. The van der Waals surface area contributed by atoms with E-state index >= 15 is 0 Å². The minimum Gasteiger partial charge on any atom is -0.339 e. The zero-order valence-electron chi connectivity index (χ0n) is 15.6. The van der Waals surface area contributed by atoms with Crippen molar-refractivity contribution >= 4 is 23.4 Å². The van der Waals surface area contributed by atoms with Gasteiger partial charge >= 0.3 is 0 Å². The standard InChI is InChI=1S/C20H26FN3O3/c1-14(25)23-9-11-24(12-10-23)20(27)16-7-5-15(6-8-16)19(26)22-18-4-2-3-17(21)13-18/h2-4,13,15-16H,5-12H2,1H3,(H,22,26). The van der Waals surface area contributed by atoms with Gasteiger partial charge in [0.05, 0.1) is 0 Å². The second-order valence-electron chi connectivity index (χ2n) is 7.38. The quantitative estimate of drug-likeness (QED) is 0.881. The van der Waals surface area contributed by atoms with E-state index in [1.807, 2.05) is 4.90 Å². The molecule has 1 saturated heterocycles. The molecule has 6 nitrogen and oxygen atoms in total. The average molecular weight is 375 g/mol. The van der Waals surface area contributed by atoms with Crippen LogP contribution in [-0.2, 0) is 14.4 Å². The van der Waals surface area contributed by atoms with Crippen LogP contribution in [0, 0.1) is 17.7 Å². The monoisotopic (exact) mass is 375 g/mol. The van der Waals surface area contributed by atoms with Crippen LogP contribution in [0.3, 0.4) is 0 Å². The molecule has 0 spiro atoms. The molecule has 1 N–H and O–H groups in total. The molecular formula is C20H26FN3O3. The minimum atomic E-state index is -0.382. The molecular weight excluding hydrogens is 349 g/mol. The van der Waals surface area contributed by atoms with Gasteiger partial charge in [-0.1, -0.05) is 6.07 Å². The van der Waals surface area contributed by atoms with Gasteiger partial charge in [-0.15, -0.1) is 0 Å². The Labute approximate surface area is 158 Å². The fraction of sp³-hybridized carbons (Fsp3) is 0.550. The number of carbonyl (C=O) groups excluding carboxylic acids is 3. The van der Waals surface area contributed by atoms with Crippen LogP contribution in [0.2, 0.25) is 0 Å². The van der Waals surface area contributed by atoms with E-state index in [1.165, 1.54) is 12.1 Å². The third kappa shape index (κ3) is 4.84. The van der Waals surface area contributed by atoms with Gasteiger partial charge in [-0.05, 0) is 43.9 Å². The Hall–Kier alpha value is -2.44. The zero-order valence-corrected chi connectivity index (χ0v) is 15.6. The Morgan fingerprint density at radius 1 is 0.963 bits per heavy atom. The average Bonchev–Trinajstić information content (AvgIpc) is 2.67. The number of nitrogens with one attached hydrogen (secondary N) is 1. The van der Waals surface area contributed by atoms with E-state index in [9.17, 15) is 18.8 Å². The minimum absolute atomic E-state index is 0.0481. The lowest BCUT2D eigenvalue weighted by atomic mass is 9.80. The third-order valence-electron chi connectivity index (χ3n) is 5.58. The normalized spacial score (nSPS) is 23.0. The van der Waals surface area contributed by atoms with Gasteiger partial charge in [0.25, 0.3) is 0 Å². The molecule has 2 aliphatic rings. The summed E-state index contributed by atoms with van der Waals surface area (Å²) in [7, 11) is 0. The van der Waals surface area contributed by atoms with Crippen LogP contribution in [0.15, 0.2) is 24.3 Å². The van der Waals surface area contributed by atoms with Crippen molar-refractivity contribution in [3.05, 3.63) is 30.1 Å². The summed E-state index contributed by atoms with van der Waals surface area (Å²) in [6, 6.07) is 5.86. The number of rotatable bonds is 3. The topological polar surface area (TPSA) is 69.7 Å². The van der Waals surface area contributed by atoms with Crippen LogP contribution in [0.1, 0.15) is 32.6 Å². The molecule has 3 amide bonds. The van der Waals surface area contributed by atoms with Gasteiger partial charge in [0, 0.05) is 50.6 Å². The number of benzene rings is 1. The number of halogens is 1. The van der Waals surface area contributed by atoms with Crippen LogP contribution >= 0.6 is 0 Å². The van der Waals surface area contributed by atoms with Crippen molar-refractivity contribution in [2.45, 2.75) is 32.6 Å². The first-order chi connectivity index (χ1) is 12.9. The first kappa shape index (κ1) is 19.3. The largest absolute Gasteiger partial charge is 0.339 e. The van der Waals surface area contributed by atoms with Gasteiger partial charge in [-0.2, -0.15) is 0 Å². The molecule has 7 heteroatoms. The second kappa shape index (κ2) is 8.50. The van der Waals surface area contributed by atoms with Crippen LogP contribution in [-0.4, -0.2) is 53.7 Å². The van der Waals surface area contributed by atoms with E-state index < -0.39 is 0 Å². The van der Waals surface area contributed by atoms with Crippen molar-refractivity contribution in [3.8, 4) is 0 Å². The Kier molecular flexibility index (Phi) is 6.08. The van der Waals surface area contributed by atoms with Gasteiger partial charge in [0.2, 0.25) is 17.7 Å². The lowest BCUT2D eigenvalue weighted by molar-refractivity contribution is -0.142. The summed E-state index contributed by atoms with van der Waals surface area (Å²) in [4.78, 5) is 40.1. The van der Waals surface area contributed by atoms with Gasteiger partial charge in [0.15, 0.2) is 0 Å². The third-order valence-corrected chi connectivity index (χ3v) is 5.58. The maximum atomic E-state index is 13.2. The van der Waals surface area contributed by atoms with Crippen LogP contribution in [0.25, 0.3) is 0 Å². The number of amides is 3. The van der Waals surface area contributed by atoms with E-state index in [1.54, 1.807) is 24.0 Å². The molecule has 1 aliphatic heterocycles. The lowest BCUT2D eigenvalue weighted by Crippen LogP contribution is -2.51. The number of nitrogens with zero attached hydrogens (tertiary/aromatic N) is 2. The van der Waals surface area contributed by atoms with E-state index in [4.69, 9.17) is 0 Å². The number of anilines is 1. The number of carbonyl (C=O) groups is 3. The molecule has 0 unspecified atom stereocenters. The molecule has 146 valence electrons. The summed E-state index contributed by atoms with van der Waals surface area (Å²) in [5.74, 6) is -0.498. The number of hydrogen-bond acceptors (Lipinski definition) is 3. The van der Waals surface area contributed by atoms with E-state index in [-0.39, 0.29) is 35.4 Å². The van der Waals surface area contributed by atoms with Crippen molar-refractivity contribution in [1.29, 1.82) is 0 Å². The Balaban J connectivity index is 1.46. The predicted octanol–water partition coefficient (Wildman–Crippen LogP) is 2.26. The van der Waals surface area contributed by atoms with Crippen LogP contribution in [0.4, 0.5) is 10.1 Å². The molecule has 2 fully saturated rings. The van der Waals surface area contributed by atoms with E-state index in [0.717, 1.165) is 0 Å². The van der Waals surface area contributed by atoms with Crippen molar-refractivity contribution in [2.24, 2.45) is 11.8 Å². The Morgan fingerprint density at radius 3 is 2.15 bits per heavy atom. The highest BCUT2D eigenvalue weighted by atomic mass is 19.1. The SMILES string of the molecule is CC(=O)N1CCN(C(=O)C2CCC(C(=O)Nc3cccc(F)c3)CC2)CC1. The van der Waals surface area contributed by atoms with Crippen molar-refractivity contribution in [2.75, 3.05) is 31.5 Å². The molecule has 0 aromatic heterocycles. The molecule has 1 heterocycles. The van der Waals surface area contributed by atoms with E-state index in [2.05, 4.69) is 5.32 Å². The lowest BCUT2D eigenvalue weighted by Gasteiger charge is -2.37.